The number of esters is 3. The Hall–Kier alpha value is -4.71. The molecule has 6 heteroatoms. The van der Waals surface area contributed by atoms with Gasteiger partial charge in [0.1, 0.15) is 13.2 Å². The predicted molar refractivity (Wildman–Crippen MR) is 362 cm³/mol. The van der Waals surface area contributed by atoms with Gasteiger partial charge in [0.2, 0.25) is 0 Å². The van der Waals surface area contributed by atoms with E-state index < -0.39 is 6.10 Å². The fraction of sp³-hybridized carbons (Fsp3) is 0.649. The van der Waals surface area contributed by atoms with Gasteiger partial charge in [0.05, 0.1) is 0 Å². The van der Waals surface area contributed by atoms with Crippen molar-refractivity contribution in [3.8, 4) is 0 Å². The van der Waals surface area contributed by atoms with Crippen LogP contribution in [0.1, 0.15) is 303 Å². The van der Waals surface area contributed by atoms with E-state index in [1.165, 1.54) is 122 Å². The van der Waals surface area contributed by atoms with E-state index in [1.807, 2.05) is 0 Å². The first-order valence-corrected chi connectivity index (χ1v) is 34.3. The van der Waals surface area contributed by atoms with Crippen LogP contribution in [0.4, 0.5) is 0 Å². The van der Waals surface area contributed by atoms with E-state index in [1.54, 1.807) is 0 Å². The highest BCUT2D eigenvalue weighted by atomic mass is 16.6. The van der Waals surface area contributed by atoms with E-state index >= 15 is 0 Å². The van der Waals surface area contributed by atoms with Crippen LogP contribution in [0.5, 0.6) is 0 Å². The highest BCUT2D eigenvalue weighted by molar-refractivity contribution is 5.71. The lowest BCUT2D eigenvalue weighted by atomic mass is 10.0. The molecule has 0 aliphatic rings. The first kappa shape index (κ1) is 78.3. The number of hydrogen-bond acceptors (Lipinski definition) is 6. The maximum atomic E-state index is 12.9. The zero-order chi connectivity index (χ0) is 59.9. The summed E-state index contributed by atoms with van der Waals surface area (Å²) in [6.07, 6.45) is 100. The molecule has 0 saturated carbocycles. The quantitative estimate of drug-likeness (QED) is 0.0261. The molecule has 0 saturated heterocycles. The van der Waals surface area contributed by atoms with Crippen LogP contribution in [0, 0.1) is 0 Å². The van der Waals surface area contributed by atoms with Crippen LogP contribution >= 0.6 is 0 Å². The first-order valence-electron chi connectivity index (χ1n) is 34.3. The largest absolute Gasteiger partial charge is 0.462 e. The Kier molecular flexibility index (Phi) is 65.8. The van der Waals surface area contributed by atoms with Gasteiger partial charge in [-0.05, 0) is 135 Å². The van der Waals surface area contributed by atoms with Gasteiger partial charge in [0, 0.05) is 19.3 Å². The lowest BCUT2D eigenvalue weighted by molar-refractivity contribution is -0.167. The van der Waals surface area contributed by atoms with Crippen molar-refractivity contribution in [2.75, 3.05) is 13.2 Å². The Bertz CT molecular complexity index is 1800. The number of hydrogen-bond donors (Lipinski definition) is 0. The number of unbranched alkanes of at least 4 members (excludes halogenated alkanes) is 26. The van der Waals surface area contributed by atoms with Crippen molar-refractivity contribution < 1.29 is 28.6 Å². The van der Waals surface area contributed by atoms with Crippen LogP contribution in [0.2, 0.25) is 0 Å². The first-order chi connectivity index (χ1) is 41.0. The Morgan fingerprint density at radius 1 is 0.253 bits per heavy atom. The molecule has 0 N–H and O–H groups in total. The van der Waals surface area contributed by atoms with Crippen molar-refractivity contribution in [1.82, 2.24) is 0 Å². The fourth-order valence-electron chi connectivity index (χ4n) is 9.24. The maximum absolute atomic E-state index is 12.9. The third-order valence-corrected chi connectivity index (χ3v) is 14.3. The molecule has 0 aliphatic heterocycles. The van der Waals surface area contributed by atoms with Crippen molar-refractivity contribution in [3.63, 3.8) is 0 Å². The molecule has 0 amide bonds. The highest BCUT2D eigenvalue weighted by Crippen LogP contribution is 2.16. The molecule has 0 heterocycles. The van der Waals surface area contributed by atoms with Crippen LogP contribution in [0.25, 0.3) is 0 Å². The third kappa shape index (κ3) is 68.0. The fourth-order valence-corrected chi connectivity index (χ4v) is 9.24. The molecule has 0 aromatic heterocycles. The zero-order valence-electron chi connectivity index (χ0n) is 53.9. The standard InChI is InChI=1S/C77H126O6/c1-4-7-10-13-16-19-22-25-28-31-33-35-36-37-38-39-40-42-43-46-49-52-55-58-61-64-67-70-76(79)82-73-74(72-81-75(78)69-66-63-60-57-54-51-48-45-30-27-24-21-18-15-12-9-6-3)83-77(80)71-68-65-62-59-56-53-50-47-44-41-34-32-29-26-23-20-17-14-11-8-5-2/h8-9,11-12,17-18,20-22,25-27,29-31,33-34,41,47-48,50-51,57,60,74H,4-7,10,13-16,19,23-24,28,32,35-40,42-46,49,52-56,58-59,61-73H2,1-3H3/b11-8-,12-9-,20-17-,21-18-,25-22-,29-26-,30-27-,33-31-,41-34-,50-47-,51-48-,60-57-. The molecule has 0 aliphatic carbocycles. The Labute approximate surface area is 512 Å². The minimum absolute atomic E-state index is 0.108. The number of carbonyl (C=O) groups excluding carboxylic acids is 3. The Morgan fingerprint density at radius 2 is 0.482 bits per heavy atom. The van der Waals surface area contributed by atoms with Crippen LogP contribution < -0.4 is 0 Å². The summed E-state index contributed by atoms with van der Waals surface area (Å²) in [7, 11) is 0. The molecule has 0 bridgehead atoms. The molecule has 1 atom stereocenters. The number of carbonyl (C=O) groups is 3. The second-order valence-electron chi connectivity index (χ2n) is 22.3. The summed E-state index contributed by atoms with van der Waals surface area (Å²) in [5.74, 6) is -0.984. The van der Waals surface area contributed by atoms with Crippen molar-refractivity contribution in [1.29, 1.82) is 0 Å². The summed E-state index contributed by atoms with van der Waals surface area (Å²) in [6, 6.07) is 0. The van der Waals surface area contributed by atoms with E-state index in [2.05, 4.69) is 167 Å². The average Bonchev–Trinajstić information content (AvgIpc) is 3.50. The minimum atomic E-state index is -0.820. The topological polar surface area (TPSA) is 78.9 Å². The van der Waals surface area contributed by atoms with E-state index in [4.69, 9.17) is 14.2 Å². The molecule has 6 nitrogen and oxygen atoms in total. The molecule has 0 aromatic carbocycles. The van der Waals surface area contributed by atoms with Gasteiger partial charge in [0.25, 0.3) is 0 Å². The maximum Gasteiger partial charge on any atom is 0.306 e. The predicted octanol–water partition coefficient (Wildman–Crippen LogP) is 23.9. The highest BCUT2D eigenvalue weighted by Gasteiger charge is 2.19. The van der Waals surface area contributed by atoms with Crippen molar-refractivity contribution in [2.24, 2.45) is 0 Å². The van der Waals surface area contributed by atoms with Crippen molar-refractivity contribution >= 4 is 17.9 Å². The molecule has 83 heavy (non-hydrogen) atoms. The molecule has 0 radical (unpaired) electrons. The van der Waals surface area contributed by atoms with Gasteiger partial charge in [0.15, 0.2) is 6.10 Å². The molecule has 1 unspecified atom stereocenters. The molecule has 470 valence electrons. The van der Waals surface area contributed by atoms with Gasteiger partial charge in [-0.15, -0.1) is 0 Å². The van der Waals surface area contributed by atoms with Crippen molar-refractivity contribution in [2.45, 2.75) is 309 Å². The van der Waals surface area contributed by atoms with Crippen molar-refractivity contribution in [3.05, 3.63) is 146 Å². The smallest absolute Gasteiger partial charge is 0.306 e. The second kappa shape index (κ2) is 69.8. The summed E-state index contributed by atoms with van der Waals surface area (Å²) in [4.78, 5) is 38.4. The third-order valence-electron chi connectivity index (χ3n) is 14.3. The summed E-state index contributed by atoms with van der Waals surface area (Å²) in [5, 5.41) is 0. The Morgan fingerprint density at radius 3 is 0.783 bits per heavy atom. The SMILES string of the molecule is CC/C=C\C/C=C\C/C=C\C/C=C\C/C=C\CCCCCCCC(=O)OC(COC(=O)CCC/C=C\C/C=C\C/C=C\C/C=C\C/C=C\CC)COC(=O)CCCCCCCCCCCCCCCCC/C=C\C/C=C\CCCCCCC. The van der Waals surface area contributed by atoms with E-state index in [-0.39, 0.29) is 44.0 Å². The Balaban J connectivity index is 4.43. The van der Waals surface area contributed by atoms with E-state index in [0.717, 1.165) is 135 Å². The molecule has 0 fully saturated rings. The van der Waals surface area contributed by atoms with Crippen LogP contribution in [-0.4, -0.2) is 37.2 Å². The van der Waals surface area contributed by atoms with Gasteiger partial charge in [-0.3, -0.25) is 14.4 Å². The van der Waals surface area contributed by atoms with Gasteiger partial charge >= 0.3 is 17.9 Å². The van der Waals surface area contributed by atoms with Crippen LogP contribution in [-0.2, 0) is 28.6 Å². The zero-order valence-corrected chi connectivity index (χ0v) is 53.9. The number of rotatable bonds is 61. The van der Waals surface area contributed by atoms with Crippen LogP contribution in [0.3, 0.4) is 0 Å². The van der Waals surface area contributed by atoms with Gasteiger partial charge in [-0.25, -0.2) is 0 Å². The molecular weight excluding hydrogens is 1020 g/mol. The lowest BCUT2D eigenvalue weighted by Gasteiger charge is -2.18. The molecule has 0 aromatic rings. The van der Waals surface area contributed by atoms with E-state index in [0.29, 0.717) is 12.8 Å². The monoisotopic (exact) mass is 1150 g/mol. The molecule has 0 spiro atoms. The molecule has 0 rings (SSSR count). The minimum Gasteiger partial charge on any atom is -0.462 e. The second-order valence-corrected chi connectivity index (χ2v) is 22.3. The van der Waals surface area contributed by atoms with E-state index in [9.17, 15) is 14.4 Å². The normalized spacial score (nSPS) is 13.0. The summed E-state index contributed by atoms with van der Waals surface area (Å²) in [6.45, 7) is 6.35. The summed E-state index contributed by atoms with van der Waals surface area (Å²) in [5.41, 5.74) is 0. The van der Waals surface area contributed by atoms with Gasteiger partial charge < -0.3 is 14.2 Å². The molecular formula is C77H126O6. The lowest BCUT2D eigenvalue weighted by Crippen LogP contribution is -2.30. The number of ether oxygens (including phenoxy) is 3. The summed E-state index contributed by atoms with van der Waals surface area (Å²) < 4.78 is 16.9. The summed E-state index contributed by atoms with van der Waals surface area (Å²) >= 11 is 0. The van der Waals surface area contributed by atoms with Gasteiger partial charge in [-0.2, -0.15) is 0 Å². The van der Waals surface area contributed by atoms with Crippen LogP contribution in [0.15, 0.2) is 146 Å². The van der Waals surface area contributed by atoms with Gasteiger partial charge in [-0.1, -0.05) is 295 Å². The average molecular weight is 1150 g/mol. The number of allylic oxidation sites excluding steroid dienone is 24.